The fourth-order valence-electron chi connectivity index (χ4n) is 2.52. The Morgan fingerprint density at radius 3 is 2.45 bits per heavy atom. The fraction of sp³-hybridized carbons (Fsp3) is 0.429. The number of halogens is 2. The number of benzene rings is 1. The molecule has 0 aromatic heterocycles. The molecule has 1 aliphatic carbocycles. The van der Waals surface area contributed by atoms with Gasteiger partial charge >= 0.3 is 0 Å². The zero-order valence-electron chi connectivity index (χ0n) is 10.9. The molecule has 2 amide bonds. The molecule has 3 N–H and O–H groups in total. The smallest absolute Gasteiger partial charge is 0.252 e. The Hall–Kier alpha value is -1.43. The Kier molecular flexibility index (Phi) is 4.42. The summed E-state index contributed by atoms with van der Waals surface area (Å²) in [6.45, 7) is 0. The average molecular weight is 343 g/mol. The molecule has 0 aliphatic heterocycles. The molecule has 6 heteroatoms. The third-order valence-corrected chi connectivity index (χ3v) is 4.36. The van der Waals surface area contributed by atoms with Gasteiger partial charge in [-0.1, -0.05) is 19.3 Å². The summed E-state index contributed by atoms with van der Waals surface area (Å²) in [4.78, 5) is 23.9. The van der Waals surface area contributed by atoms with Crippen molar-refractivity contribution >= 4 is 27.7 Å². The lowest BCUT2D eigenvalue weighted by Crippen LogP contribution is -2.58. The zero-order chi connectivity index (χ0) is 14.8. The molecule has 1 saturated carbocycles. The van der Waals surface area contributed by atoms with Gasteiger partial charge in [0.25, 0.3) is 5.91 Å². The molecular weight excluding hydrogens is 327 g/mol. The predicted octanol–water partition coefficient (Wildman–Crippen LogP) is 2.51. The van der Waals surface area contributed by atoms with Crippen LogP contribution in [0.1, 0.15) is 42.5 Å². The van der Waals surface area contributed by atoms with Gasteiger partial charge in [-0.2, -0.15) is 0 Å². The maximum Gasteiger partial charge on any atom is 0.252 e. The van der Waals surface area contributed by atoms with Gasteiger partial charge < -0.3 is 11.1 Å². The molecule has 1 aromatic carbocycles. The molecule has 0 spiro atoms. The van der Waals surface area contributed by atoms with Crippen molar-refractivity contribution in [3.8, 4) is 0 Å². The van der Waals surface area contributed by atoms with Gasteiger partial charge in [-0.25, -0.2) is 4.39 Å². The van der Waals surface area contributed by atoms with E-state index in [1.165, 1.54) is 12.1 Å². The molecule has 20 heavy (non-hydrogen) atoms. The summed E-state index contributed by atoms with van der Waals surface area (Å²) in [6, 6.07) is 4.10. The quantitative estimate of drug-likeness (QED) is 0.885. The van der Waals surface area contributed by atoms with Crippen LogP contribution >= 0.6 is 15.9 Å². The molecule has 0 bridgehead atoms. The molecule has 1 aromatic rings. The molecule has 4 nitrogen and oxygen atoms in total. The number of hydrogen-bond donors (Lipinski definition) is 2. The largest absolute Gasteiger partial charge is 0.368 e. The molecule has 0 unspecified atom stereocenters. The van der Waals surface area contributed by atoms with E-state index in [0.717, 1.165) is 25.3 Å². The Morgan fingerprint density at radius 2 is 1.90 bits per heavy atom. The molecule has 108 valence electrons. The van der Waals surface area contributed by atoms with E-state index < -0.39 is 23.2 Å². The molecule has 0 radical (unpaired) electrons. The van der Waals surface area contributed by atoms with Crippen molar-refractivity contribution in [1.29, 1.82) is 0 Å². The summed E-state index contributed by atoms with van der Waals surface area (Å²) in [6.07, 6.45) is 3.79. The summed E-state index contributed by atoms with van der Waals surface area (Å²) < 4.78 is 13.7. The van der Waals surface area contributed by atoms with Crippen molar-refractivity contribution in [3.63, 3.8) is 0 Å². The Bertz CT molecular complexity index is 542. The van der Waals surface area contributed by atoms with Crippen LogP contribution in [0.3, 0.4) is 0 Å². The normalized spacial score (nSPS) is 17.5. The van der Waals surface area contributed by atoms with E-state index in [1.54, 1.807) is 0 Å². The highest BCUT2D eigenvalue weighted by atomic mass is 79.9. The van der Waals surface area contributed by atoms with Crippen LogP contribution in [0.15, 0.2) is 22.7 Å². The highest BCUT2D eigenvalue weighted by molar-refractivity contribution is 9.10. The van der Waals surface area contributed by atoms with E-state index in [0.29, 0.717) is 12.8 Å². The lowest BCUT2D eigenvalue weighted by Gasteiger charge is -2.35. The number of primary amides is 1. The molecular formula is C14H16BrFN2O2. The maximum atomic E-state index is 13.5. The van der Waals surface area contributed by atoms with Gasteiger partial charge in [-0.15, -0.1) is 0 Å². The summed E-state index contributed by atoms with van der Waals surface area (Å²) in [5.41, 5.74) is 4.62. The number of nitrogens with one attached hydrogen (secondary N) is 1. The van der Waals surface area contributed by atoms with Gasteiger partial charge in [0.2, 0.25) is 5.91 Å². The number of rotatable bonds is 3. The first-order valence-electron chi connectivity index (χ1n) is 6.52. The second-order valence-corrected chi connectivity index (χ2v) is 5.94. The molecule has 2 rings (SSSR count). The number of carbonyl (C=O) groups is 2. The van der Waals surface area contributed by atoms with Gasteiger partial charge in [0.05, 0.1) is 4.47 Å². The second kappa shape index (κ2) is 5.91. The summed E-state index contributed by atoms with van der Waals surface area (Å²) in [7, 11) is 0. The van der Waals surface area contributed by atoms with E-state index in [4.69, 9.17) is 5.73 Å². The highest BCUT2D eigenvalue weighted by Crippen LogP contribution is 2.28. The van der Waals surface area contributed by atoms with Crippen molar-refractivity contribution in [3.05, 3.63) is 34.1 Å². The molecule has 0 saturated heterocycles. The first kappa shape index (κ1) is 15.0. The van der Waals surface area contributed by atoms with Crippen molar-refractivity contribution < 1.29 is 14.0 Å². The Morgan fingerprint density at radius 1 is 1.25 bits per heavy atom. The third kappa shape index (κ3) is 3.00. The lowest BCUT2D eigenvalue weighted by molar-refractivity contribution is -0.125. The van der Waals surface area contributed by atoms with Crippen LogP contribution in [-0.4, -0.2) is 17.4 Å². The highest BCUT2D eigenvalue weighted by Gasteiger charge is 2.39. The van der Waals surface area contributed by atoms with Crippen LogP contribution in [-0.2, 0) is 4.79 Å². The molecule has 1 aliphatic rings. The zero-order valence-corrected chi connectivity index (χ0v) is 12.5. The van der Waals surface area contributed by atoms with Gasteiger partial charge in [-0.3, -0.25) is 9.59 Å². The topological polar surface area (TPSA) is 72.2 Å². The van der Waals surface area contributed by atoms with Crippen LogP contribution < -0.4 is 11.1 Å². The number of carbonyl (C=O) groups excluding carboxylic acids is 2. The second-order valence-electron chi connectivity index (χ2n) is 5.09. The first-order valence-corrected chi connectivity index (χ1v) is 7.31. The predicted molar refractivity (Wildman–Crippen MR) is 76.6 cm³/mol. The minimum absolute atomic E-state index is 0.178. The van der Waals surface area contributed by atoms with E-state index in [2.05, 4.69) is 21.2 Å². The van der Waals surface area contributed by atoms with Crippen LogP contribution in [0.4, 0.5) is 4.39 Å². The molecule has 0 heterocycles. The minimum atomic E-state index is -1.00. The van der Waals surface area contributed by atoms with Crippen molar-refractivity contribution in [2.45, 2.75) is 37.6 Å². The molecule has 1 fully saturated rings. The number of nitrogens with two attached hydrogens (primary N) is 1. The Balaban J connectivity index is 2.20. The maximum absolute atomic E-state index is 13.5. The Labute approximate surface area is 125 Å². The fourth-order valence-corrected chi connectivity index (χ4v) is 2.76. The molecule has 0 atom stereocenters. The third-order valence-electron chi connectivity index (χ3n) is 3.71. The van der Waals surface area contributed by atoms with Crippen molar-refractivity contribution in [1.82, 2.24) is 5.32 Å². The van der Waals surface area contributed by atoms with Gasteiger partial charge in [0, 0.05) is 5.56 Å². The SMILES string of the molecule is NC(=O)C1(NC(=O)c2ccc(Br)c(F)c2)CCCCC1. The van der Waals surface area contributed by atoms with Crippen LogP contribution in [0.5, 0.6) is 0 Å². The number of hydrogen-bond acceptors (Lipinski definition) is 2. The van der Waals surface area contributed by atoms with E-state index >= 15 is 0 Å². The van der Waals surface area contributed by atoms with Crippen molar-refractivity contribution in [2.75, 3.05) is 0 Å². The number of amides is 2. The average Bonchev–Trinajstić information content (AvgIpc) is 2.42. The lowest BCUT2D eigenvalue weighted by atomic mass is 9.81. The van der Waals surface area contributed by atoms with Gasteiger partial charge in [-0.05, 0) is 47.0 Å². The first-order chi connectivity index (χ1) is 9.44. The summed E-state index contributed by atoms with van der Waals surface area (Å²) in [5.74, 6) is -1.52. The van der Waals surface area contributed by atoms with Crippen LogP contribution in [0, 0.1) is 5.82 Å². The summed E-state index contributed by atoms with van der Waals surface area (Å²) >= 11 is 3.03. The van der Waals surface area contributed by atoms with E-state index in [1.807, 2.05) is 0 Å². The minimum Gasteiger partial charge on any atom is -0.368 e. The van der Waals surface area contributed by atoms with Gasteiger partial charge in [0.1, 0.15) is 11.4 Å². The summed E-state index contributed by atoms with van der Waals surface area (Å²) in [5, 5.41) is 2.70. The van der Waals surface area contributed by atoms with E-state index in [9.17, 15) is 14.0 Å². The van der Waals surface area contributed by atoms with Gasteiger partial charge in [0.15, 0.2) is 0 Å². The van der Waals surface area contributed by atoms with E-state index in [-0.39, 0.29) is 10.0 Å². The standard InChI is InChI=1S/C14H16BrFN2O2/c15-10-5-4-9(8-11(10)16)12(19)18-14(13(17)20)6-2-1-3-7-14/h4-5,8H,1-3,6-7H2,(H2,17,20)(H,18,19). The monoisotopic (exact) mass is 342 g/mol. The van der Waals surface area contributed by atoms with Crippen LogP contribution in [0.25, 0.3) is 0 Å². The van der Waals surface area contributed by atoms with Crippen LogP contribution in [0.2, 0.25) is 0 Å². The van der Waals surface area contributed by atoms with Crippen molar-refractivity contribution in [2.24, 2.45) is 5.73 Å².